The molecule has 218 valence electrons. The zero-order chi connectivity index (χ0) is 29.2. The van der Waals surface area contributed by atoms with Crippen molar-refractivity contribution in [2.45, 2.75) is 42.7 Å². The van der Waals surface area contributed by atoms with Gasteiger partial charge >= 0.3 is 6.01 Å². The zero-order valence-corrected chi connectivity index (χ0v) is 24.7. The van der Waals surface area contributed by atoms with E-state index >= 15 is 0 Å². The minimum atomic E-state index is -1.01. The van der Waals surface area contributed by atoms with E-state index in [0.717, 1.165) is 54.4 Å². The van der Waals surface area contributed by atoms with Crippen LogP contribution in [0.15, 0.2) is 53.7 Å². The van der Waals surface area contributed by atoms with Crippen LogP contribution in [0.1, 0.15) is 24.8 Å². The molecule has 0 N–H and O–H groups in total. The van der Waals surface area contributed by atoms with Gasteiger partial charge in [-0.25, -0.2) is 11.0 Å². The van der Waals surface area contributed by atoms with Crippen molar-refractivity contribution in [2.24, 2.45) is 0 Å². The zero-order valence-electron chi connectivity index (χ0n) is 23.9. The van der Waals surface area contributed by atoms with Crippen LogP contribution in [0.2, 0.25) is 0 Å². The number of halogens is 1. The first kappa shape index (κ1) is 28.4. The fourth-order valence-corrected chi connectivity index (χ4v) is 7.39. The van der Waals surface area contributed by atoms with E-state index in [2.05, 4.69) is 64.7 Å². The number of anilines is 1. The first-order valence-electron chi connectivity index (χ1n) is 14.6. The minimum Gasteiger partial charge on any atom is -0.462 e. The van der Waals surface area contributed by atoms with E-state index < -0.39 is 17.8 Å². The number of amides is 1. The summed E-state index contributed by atoms with van der Waals surface area (Å²) >= 11 is 1.92. The van der Waals surface area contributed by atoms with Gasteiger partial charge in [-0.05, 0) is 79.9 Å². The summed E-state index contributed by atoms with van der Waals surface area (Å²) in [4.78, 5) is 32.9. The van der Waals surface area contributed by atoms with Gasteiger partial charge in [0.2, 0.25) is 6.54 Å². The molecule has 2 fully saturated rings. The molecule has 0 radical (unpaired) electrons. The number of hydrogen-bond acceptors (Lipinski definition) is 7. The molecule has 0 saturated carbocycles. The van der Waals surface area contributed by atoms with E-state index in [9.17, 15) is 9.18 Å². The standard InChI is InChI=1S/C32H35FN6O2S/c1-21(33)31(40)39-15-14-38(19-24(39)18-34-2)30-27-12-11-22(25-8-4-10-29-26(25)9-6-16-42-29)17-28(27)35-32(36-30)41-20-23-7-5-13-37(23)3/h4,8,10-12,17,23-24H,1,5-7,9,13-16,18-20H2,3H3/t23-,24-/m0/s1. The predicted molar refractivity (Wildman–Crippen MR) is 165 cm³/mol. The highest BCUT2D eigenvalue weighted by Crippen LogP contribution is 2.38. The Hall–Kier alpha value is -3.68. The van der Waals surface area contributed by atoms with E-state index in [1.54, 1.807) is 0 Å². The first-order chi connectivity index (χ1) is 20.4. The van der Waals surface area contributed by atoms with Crippen LogP contribution in [0, 0.1) is 6.57 Å². The van der Waals surface area contributed by atoms with Crippen LogP contribution in [0.5, 0.6) is 6.01 Å². The Labute approximate surface area is 250 Å². The number of ether oxygens (including phenoxy) is 1. The third kappa shape index (κ3) is 5.68. The molecule has 3 aliphatic heterocycles. The normalized spacial score (nSPS) is 20.8. The van der Waals surface area contributed by atoms with E-state index in [-0.39, 0.29) is 13.1 Å². The topological polar surface area (TPSA) is 66.2 Å². The fraction of sp³-hybridized carbons (Fsp3) is 0.438. The Balaban J connectivity index is 1.38. The van der Waals surface area contributed by atoms with Gasteiger partial charge in [0, 0.05) is 36.0 Å². The number of aromatic nitrogens is 2. The maximum atomic E-state index is 13.8. The van der Waals surface area contributed by atoms with Crippen molar-refractivity contribution >= 4 is 34.4 Å². The van der Waals surface area contributed by atoms with Crippen molar-refractivity contribution in [3.63, 3.8) is 0 Å². The molecule has 0 bridgehead atoms. The third-order valence-electron chi connectivity index (χ3n) is 8.58. The quantitative estimate of drug-likeness (QED) is 0.278. The molecule has 1 amide bonds. The molecule has 4 heterocycles. The molecule has 6 rings (SSSR count). The van der Waals surface area contributed by atoms with Crippen LogP contribution in [0.3, 0.4) is 0 Å². The molecule has 0 spiro atoms. The predicted octanol–water partition coefficient (Wildman–Crippen LogP) is 5.23. The number of likely N-dealkylation sites (N-methyl/N-ethyl adjacent to an activating group) is 1. The number of piperazine rings is 1. The number of hydrogen-bond donors (Lipinski definition) is 0. The molecule has 1 aromatic heterocycles. The molecular weight excluding hydrogens is 551 g/mol. The molecule has 0 aliphatic carbocycles. The van der Waals surface area contributed by atoms with Gasteiger partial charge in [-0.1, -0.05) is 24.8 Å². The molecule has 42 heavy (non-hydrogen) atoms. The van der Waals surface area contributed by atoms with Crippen molar-refractivity contribution in [1.29, 1.82) is 0 Å². The van der Waals surface area contributed by atoms with E-state index in [0.29, 0.717) is 37.6 Å². The van der Waals surface area contributed by atoms with Crippen LogP contribution in [-0.2, 0) is 11.2 Å². The van der Waals surface area contributed by atoms with Crippen molar-refractivity contribution in [3.05, 3.63) is 65.8 Å². The molecule has 0 unspecified atom stereocenters. The Morgan fingerprint density at radius 2 is 2.07 bits per heavy atom. The van der Waals surface area contributed by atoms with Crippen LogP contribution < -0.4 is 9.64 Å². The van der Waals surface area contributed by atoms with Gasteiger partial charge in [-0.3, -0.25) is 4.79 Å². The highest BCUT2D eigenvalue weighted by molar-refractivity contribution is 7.99. The number of carbonyl (C=O) groups is 1. The highest BCUT2D eigenvalue weighted by atomic mass is 32.2. The number of fused-ring (bicyclic) bond motifs is 2. The van der Waals surface area contributed by atoms with Gasteiger partial charge < -0.3 is 24.3 Å². The Bertz CT molecular complexity index is 1560. The second-order valence-electron chi connectivity index (χ2n) is 11.2. The van der Waals surface area contributed by atoms with Crippen molar-refractivity contribution in [2.75, 3.05) is 57.0 Å². The Kier molecular flexibility index (Phi) is 8.31. The lowest BCUT2D eigenvalue weighted by molar-refractivity contribution is -0.131. The molecule has 2 atom stereocenters. The summed E-state index contributed by atoms with van der Waals surface area (Å²) in [5.41, 5.74) is 4.51. The molecule has 3 aliphatic rings. The highest BCUT2D eigenvalue weighted by Gasteiger charge is 2.35. The van der Waals surface area contributed by atoms with E-state index in [4.69, 9.17) is 21.3 Å². The van der Waals surface area contributed by atoms with E-state index in [1.807, 2.05) is 11.8 Å². The number of likely N-dealkylation sites (tertiary alicyclic amines) is 1. The summed E-state index contributed by atoms with van der Waals surface area (Å²) in [5.74, 6) is 0.0872. The fourth-order valence-electron chi connectivity index (χ4n) is 6.32. The number of carbonyl (C=O) groups excluding carboxylic acids is 1. The van der Waals surface area contributed by atoms with Gasteiger partial charge in [0.15, 0.2) is 5.83 Å². The Morgan fingerprint density at radius 3 is 2.86 bits per heavy atom. The van der Waals surface area contributed by atoms with Gasteiger partial charge in [-0.15, -0.1) is 11.8 Å². The van der Waals surface area contributed by atoms with Crippen LogP contribution in [-0.4, -0.2) is 89.9 Å². The lowest BCUT2D eigenvalue weighted by atomic mass is 9.95. The van der Waals surface area contributed by atoms with E-state index in [1.165, 1.54) is 20.9 Å². The molecule has 10 heteroatoms. The summed E-state index contributed by atoms with van der Waals surface area (Å²) in [6, 6.07) is 13.0. The number of thioether (sulfide) groups is 1. The summed E-state index contributed by atoms with van der Waals surface area (Å²) in [6.07, 6.45) is 4.45. The maximum Gasteiger partial charge on any atom is 0.319 e. The van der Waals surface area contributed by atoms with Gasteiger partial charge in [0.25, 0.3) is 5.91 Å². The summed E-state index contributed by atoms with van der Waals surface area (Å²) < 4.78 is 20.0. The number of benzene rings is 2. The largest absolute Gasteiger partial charge is 0.462 e. The van der Waals surface area contributed by atoms with Crippen molar-refractivity contribution < 1.29 is 13.9 Å². The van der Waals surface area contributed by atoms with Gasteiger partial charge in [0.05, 0.1) is 5.52 Å². The lowest BCUT2D eigenvalue weighted by Gasteiger charge is -2.39. The smallest absolute Gasteiger partial charge is 0.319 e. The molecule has 2 saturated heterocycles. The van der Waals surface area contributed by atoms with Crippen LogP contribution in [0.4, 0.5) is 10.2 Å². The monoisotopic (exact) mass is 586 g/mol. The lowest BCUT2D eigenvalue weighted by Crippen LogP contribution is -2.56. The second kappa shape index (κ2) is 12.3. The van der Waals surface area contributed by atoms with Crippen LogP contribution in [0.25, 0.3) is 26.9 Å². The molecule has 2 aromatic carbocycles. The average Bonchev–Trinajstić information content (AvgIpc) is 3.43. The summed E-state index contributed by atoms with van der Waals surface area (Å²) in [5, 5.41) is 0.875. The van der Waals surface area contributed by atoms with Gasteiger partial charge in [-0.2, -0.15) is 9.97 Å². The minimum absolute atomic E-state index is 0.0667. The van der Waals surface area contributed by atoms with Crippen molar-refractivity contribution in [3.8, 4) is 17.1 Å². The van der Waals surface area contributed by atoms with Crippen molar-refractivity contribution in [1.82, 2.24) is 19.8 Å². The number of nitrogens with zero attached hydrogens (tertiary/aromatic N) is 6. The summed E-state index contributed by atoms with van der Waals surface area (Å²) in [7, 11) is 2.11. The second-order valence-corrected chi connectivity index (χ2v) is 12.4. The third-order valence-corrected chi connectivity index (χ3v) is 9.77. The Morgan fingerprint density at radius 1 is 1.19 bits per heavy atom. The maximum absolute atomic E-state index is 13.8. The molecule has 3 aromatic rings. The average molecular weight is 587 g/mol. The molecule has 8 nitrogen and oxygen atoms in total. The number of rotatable bonds is 7. The molecular formula is C32H35FN6O2S. The first-order valence-corrected chi connectivity index (χ1v) is 15.5. The SMILES string of the molecule is [C-]#[N+]C[C@H]1CN(c2nc(OC[C@@H]3CCCN3C)nc3cc(-c4cccc5c4CCCS5)ccc23)CCN1C(=O)C(=C)F. The van der Waals surface area contributed by atoms with Crippen LogP contribution >= 0.6 is 11.8 Å². The summed E-state index contributed by atoms with van der Waals surface area (Å²) in [6.45, 7) is 13.3. The van der Waals surface area contributed by atoms with Gasteiger partial charge in [0.1, 0.15) is 18.5 Å².